The van der Waals surface area contributed by atoms with Gasteiger partial charge in [-0.25, -0.2) is 0 Å². The third-order valence-electron chi connectivity index (χ3n) is 4.67. The summed E-state index contributed by atoms with van der Waals surface area (Å²) in [5.41, 5.74) is 2.86. The smallest absolute Gasteiger partial charge is 0.0208 e. The van der Waals surface area contributed by atoms with E-state index in [-0.39, 0.29) is 0 Å². The molecule has 1 heteroatoms. The normalized spacial score (nSPS) is 23.8. The predicted molar refractivity (Wildman–Crippen MR) is 83.4 cm³/mol. The predicted octanol–water partition coefficient (Wildman–Crippen LogP) is 4.87. The van der Waals surface area contributed by atoms with E-state index in [1.54, 1.807) is 0 Å². The third kappa shape index (κ3) is 4.35. The maximum Gasteiger partial charge on any atom is 0.0208 e. The van der Waals surface area contributed by atoms with Gasteiger partial charge in [-0.2, -0.15) is 0 Å². The van der Waals surface area contributed by atoms with Crippen molar-refractivity contribution in [2.45, 2.75) is 71.4 Å². The monoisotopic (exact) mass is 259 g/mol. The maximum atomic E-state index is 3.73. The molecule has 0 aliphatic heterocycles. The number of rotatable bonds is 5. The van der Waals surface area contributed by atoms with Gasteiger partial charge in [-0.05, 0) is 48.6 Å². The molecule has 1 aromatic rings. The van der Waals surface area contributed by atoms with Gasteiger partial charge in [0.1, 0.15) is 0 Å². The molecular formula is C18H29N. The minimum atomic E-state index is 0.631. The van der Waals surface area contributed by atoms with Crippen LogP contribution in [0.4, 0.5) is 0 Å². The highest BCUT2D eigenvalue weighted by Gasteiger charge is 2.19. The van der Waals surface area contributed by atoms with Crippen molar-refractivity contribution < 1.29 is 0 Å². The van der Waals surface area contributed by atoms with Crippen LogP contribution in [-0.2, 0) is 6.54 Å². The van der Waals surface area contributed by atoms with Crippen LogP contribution in [0.3, 0.4) is 0 Å². The van der Waals surface area contributed by atoms with E-state index in [1.807, 2.05) is 0 Å². The minimum Gasteiger partial charge on any atom is -0.310 e. The molecule has 0 saturated heterocycles. The van der Waals surface area contributed by atoms with Crippen LogP contribution >= 0.6 is 0 Å². The molecule has 1 nitrogen and oxygen atoms in total. The van der Waals surface area contributed by atoms with Crippen LogP contribution in [-0.4, -0.2) is 6.04 Å². The zero-order valence-corrected chi connectivity index (χ0v) is 12.8. The van der Waals surface area contributed by atoms with Crippen LogP contribution in [0, 0.1) is 5.92 Å². The van der Waals surface area contributed by atoms with Gasteiger partial charge in [-0.15, -0.1) is 0 Å². The van der Waals surface area contributed by atoms with E-state index in [0.29, 0.717) is 5.92 Å². The number of benzene rings is 1. The molecule has 0 heterocycles. The lowest BCUT2D eigenvalue weighted by Crippen LogP contribution is -2.32. The Balaban J connectivity index is 1.76. The van der Waals surface area contributed by atoms with Crippen LogP contribution in [0.25, 0.3) is 0 Å². The van der Waals surface area contributed by atoms with E-state index in [1.165, 1.54) is 43.2 Å². The van der Waals surface area contributed by atoms with E-state index in [4.69, 9.17) is 0 Å². The molecule has 0 atom stereocenters. The van der Waals surface area contributed by atoms with E-state index in [0.717, 1.165) is 18.5 Å². The van der Waals surface area contributed by atoms with Crippen molar-refractivity contribution in [3.63, 3.8) is 0 Å². The Hall–Kier alpha value is -0.820. The lowest BCUT2D eigenvalue weighted by molar-refractivity contribution is 0.285. The fraction of sp³-hybridized carbons (Fsp3) is 0.667. The van der Waals surface area contributed by atoms with Crippen molar-refractivity contribution >= 4 is 0 Å². The molecule has 1 N–H and O–H groups in total. The second kappa shape index (κ2) is 7.09. The first-order valence-electron chi connectivity index (χ1n) is 8.01. The molecule has 0 bridgehead atoms. The maximum absolute atomic E-state index is 3.73. The van der Waals surface area contributed by atoms with Gasteiger partial charge in [-0.1, -0.05) is 51.5 Å². The molecule has 106 valence electrons. The van der Waals surface area contributed by atoms with Crippen molar-refractivity contribution in [2.75, 3.05) is 0 Å². The quantitative estimate of drug-likeness (QED) is 0.795. The minimum absolute atomic E-state index is 0.631. The average molecular weight is 259 g/mol. The zero-order chi connectivity index (χ0) is 13.7. The van der Waals surface area contributed by atoms with Crippen molar-refractivity contribution in [1.29, 1.82) is 0 Å². The lowest BCUT2D eigenvalue weighted by atomic mass is 9.84. The average Bonchev–Trinajstić information content (AvgIpc) is 2.46. The van der Waals surface area contributed by atoms with Crippen LogP contribution in [0.5, 0.6) is 0 Å². The van der Waals surface area contributed by atoms with Crippen molar-refractivity contribution in [1.82, 2.24) is 5.32 Å². The van der Waals surface area contributed by atoms with Crippen molar-refractivity contribution in [3.8, 4) is 0 Å². The van der Waals surface area contributed by atoms with Crippen LogP contribution in [0.2, 0.25) is 0 Å². The summed E-state index contributed by atoms with van der Waals surface area (Å²) in [6, 6.07) is 9.85. The molecule has 0 aromatic heterocycles. The molecule has 1 aliphatic carbocycles. The van der Waals surface area contributed by atoms with Crippen molar-refractivity contribution in [2.24, 2.45) is 5.92 Å². The van der Waals surface area contributed by atoms with Gasteiger partial charge in [0, 0.05) is 12.6 Å². The summed E-state index contributed by atoms with van der Waals surface area (Å²) in [6.07, 6.45) is 6.93. The Labute approximate surface area is 118 Å². The lowest BCUT2D eigenvalue weighted by Gasteiger charge is -2.28. The van der Waals surface area contributed by atoms with Crippen LogP contribution in [0.1, 0.15) is 69.9 Å². The summed E-state index contributed by atoms with van der Waals surface area (Å²) < 4.78 is 0. The Kier molecular flexibility index (Phi) is 5.45. The first kappa shape index (κ1) is 14.6. The van der Waals surface area contributed by atoms with E-state index in [2.05, 4.69) is 50.4 Å². The Bertz CT molecular complexity index is 358. The molecular weight excluding hydrogens is 230 g/mol. The van der Waals surface area contributed by atoms with E-state index < -0.39 is 0 Å². The molecule has 0 unspecified atom stereocenters. The molecule has 1 saturated carbocycles. The van der Waals surface area contributed by atoms with Gasteiger partial charge < -0.3 is 5.32 Å². The molecule has 1 aromatic carbocycles. The second-order valence-electron chi connectivity index (χ2n) is 6.40. The molecule has 1 aliphatic rings. The highest BCUT2D eigenvalue weighted by Crippen LogP contribution is 2.26. The van der Waals surface area contributed by atoms with Crippen LogP contribution in [0.15, 0.2) is 24.3 Å². The Morgan fingerprint density at radius 1 is 1.05 bits per heavy atom. The SMILES string of the molecule is CCC1CCC(NCc2ccc(C(C)C)cc2)CC1. The standard InChI is InChI=1S/C18H29N/c1-4-15-7-11-18(12-8-15)19-13-16-5-9-17(10-6-16)14(2)3/h5-6,9-10,14-15,18-19H,4,7-8,11-13H2,1-3H3. The fourth-order valence-electron chi connectivity index (χ4n) is 3.06. The number of hydrogen-bond donors (Lipinski definition) is 1. The summed E-state index contributed by atoms with van der Waals surface area (Å²) >= 11 is 0. The molecule has 0 spiro atoms. The van der Waals surface area contributed by atoms with Gasteiger partial charge in [-0.3, -0.25) is 0 Å². The van der Waals surface area contributed by atoms with Crippen LogP contribution < -0.4 is 5.32 Å². The second-order valence-corrected chi connectivity index (χ2v) is 6.40. The van der Waals surface area contributed by atoms with E-state index in [9.17, 15) is 0 Å². The summed E-state index contributed by atoms with van der Waals surface area (Å²) in [6.45, 7) is 7.85. The summed E-state index contributed by atoms with van der Waals surface area (Å²) in [4.78, 5) is 0. The third-order valence-corrected chi connectivity index (χ3v) is 4.67. The number of hydrogen-bond acceptors (Lipinski definition) is 1. The Morgan fingerprint density at radius 3 is 2.21 bits per heavy atom. The number of nitrogens with one attached hydrogen (secondary N) is 1. The summed E-state index contributed by atoms with van der Waals surface area (Å²) in [5, 5.41) is 3.73. The van der Waals surface area contributed by atoms with Gasteiger partial charge in [0.05, 0.1) is 0 Å². The van der Waals surface area contributed by atoms with Gasteiger partial charge in [0.2, 0.25) is 0 Å². The van der Waals surface area contributed by atoms with Gasteiger partial charge >= 0.3 is 0 Å². The first-order valence-corrected chi connectivity index (χ1v) is 8.01. The van der Waals surface area contributed by atoms with E-state index >= 15 is 0 Å². The zero-order valence-electron chi connectivity index (χ0n) is 12.8. The molecule has 0 radical (unpaired) electrons. The molecule has 0 amide bonds. The highest BCUT2D eigenvalue weighted by molar-refractivity contribution is 5.24. The van der Waals surface area contributed by atoms with Gasteiger partial charge in [0.15, 0.2) is 0 Å². The molecule has 1 fully saturated rings. The summed E-state index contributed by atoms with van der Waals surface area (Å²) in [5.74, 6) is 1.62. The molecule has 2 rings (SSSR count). The highest BCUT2D eigenvalue weighted by atomic mass is 14.9. The summed E-state index contributed by atoms with van der Waals surface area (Å²) in [7, 11) is 0. The Morgan fingerprint density at radius 2 is 1.68 bits per heavy atom. The van der Waals surface area contributed by atoms with Crippen molar-refractivity contribution in [3.05, 3.63) is 35.4 Å². The molecule has 19 heavy (non-hydrogen) atoms. The fourth-order valence-corrected chi connectivity index (χ4v) is 3.06. The first-order chi connectivity index (χ1) is 9.19. The topological polar surface area (TPSA) is 12.0 Å². The van der Waals surface area contributed by atoms with Gasteiger partial charge in [0.25, 0.3) is 0 Å². The largest absolute Gasteiger partial charge is 0.310 e.